The summed E-state index contributed by atoms with van der Waals surface area (Å²) < 4.78 is 34.4. The van der Waals surface area contributed by atoms with Crippen molar-refractivity contribution in [1.29, 1.82) is 0 Å². The number of alkyl halides is 1. The first-order valence-corrected chi connectivity index (χ1v) is 5.32. The second-order valence-corrected chi connectivity index (χ2v) is 5.02. The number of aliphatic hydroxyl groups is 1. The van der Waals surface area contributed by atoms with E-state index in [4.69, 9.17) is 5.11 Å². The lowest BCUT2D eigenvalue weighted by Gasteiger charge is -2.06. The highest BCUT2D eigenvalue weighted by Gasteiger charge is 2.37. The number of hydrogen-bond acceptors (Lipinski definition) is 3. The van der Waals surface area contributed by atoms with E-state index in [1.54, 1.807) is 0 Å². The second-order valence-electron chi connectivity index (χ2n) is 2.87. The van der Waals surface area contributed by atoms with Crippen LogP contribution < -0.4 is 0 Å². The number of aliphatic hydroxyl groups excluding tert-OH is 1. The molecule has 1 aliphatic rings. The molecule has 1 aliphatic heterocycles. The van der Waals surface area contributed by atoms with Gasteiger partial charge in [0.1, 0.15) is 6.17 Å². The minimum absolute atomic E-state index is 0.102. The monoisotopic (exact) mass is 182 g/mol. The maximum atomic E-state index is 12.8. The Labute approximate surface area is 65.1 Å². The summed E-state index contributed by atoms with van der Waals surface area (Å²) in [4.78, 5) is 0. The molecule has 0 saturated carbocycles. The summed E-state index contributed by atoms with van der Waals surface area (Å²) in [5.74, 6) is -0.947. The van der Waals surface area contributed by atoms with E-state index in [2.05, 4.69) is 0 Å². The van der Waals surface area contributed by atoms with Crippen molar-refractivity contribution in [2.24, 2.45) is 5.92 Å². The van der Waals surface area contributed by atoms with Crippen molar-refractivity contribution in [3.8, 4) is 0 Å². The predicted molar refractivity (Wildman–Crippen MR) is 38.7 cm³/mol. The van der Waals surface area contributed by atoms with Gasteiger partial charge in [0.25, 0.3) is 0 Å². The maximum Gasteiger partial charge on any atom is 0.153 e. The molecule has 0 bridgehead atoms. The van der Waals surface area contributed by atoms with E-state index in [9.17, 15) is 12.8 Å². The van der Waals surface area contributed by atoms with E-state index in [0.717, 1.165) is 0 Å². The molecule has 0 amide bonds. The van der Waals surface area contributed by atoms with Crippen LogP contribution in [0.4, 0.5) is 4.39 Å². The molecule has 0 aromatic heterocycles. The minimum Gasteiger partial charge on any atom is -0.396 e. The molecule has 2 unspecified atom stereocenters. The summed E-state index contributed by atoms with van der Waals surface area (Å²) in [6.07, 6.45) is -1.02. The first-order valence-electron chi connectivity index (χ1n) is 3.50. The highest BCUT2D eigenvalue weighted by atomic mass is 32.2. The van der Waals surface area contributed by atoms with Crippen LogP contribution in [-0.2, 0) is 9.84 Å². The van der Waals surface area contributed by atoms with Crippen molar-refractivity contribution in [2.45, 2.75) is 12.6 Å². The first kappa shape index (κ1) is 8.93. The normalized spacial score (nSPS) is 35.8. The molecule has 1 fully saturated rings. The molecule has 1 saturated heterocycles. The minimum atomic E-state index is -3.15. The predicted octanol–water partition coefficient (Wildman–Crippen LogP) is -0.248. The van der Waals surface area contributed by atoms with Gasteiger partial charge in [-0.25, -0.2) is 12.8 Å². The van der Waals surface area contributed by atoms with E-state index in [1.807, 2.05) is 0 Å². The van der Waals surface area contributed by atoms with E-state index in [0.29, 0.717) is 0 Å². The Morgan fingerprint density at radius 3 is 2.45 bits per heavy atom. The van der Waals surface area contributed by atoms with Crippen molar-refractivity contribution >= 4 is 9.84 Å². The molecule has 0 spiro atoms. The third-order valence-corrected chi connectivity index (χ3v) is 3.65. The van der Waals surface area contributed by atoms with Crippen LogP contribution in [0, 0.1) is 5.92 Å². The van der Waals surface area contributed by atoms with Gasteiger partial charge in [-0.1, -0.05) is 0 Å². The Kier molecular flexibility index (Phi) is 2.49. The van der Waals surface area contributed by atoms with Crippen molar-refractivity contribution in [2.75, 3.05) is 18.1 Å². The molecule has 0 aromatic carbocycles. The fourth-order valence-corrected chi connectivity index (χ4v) is 3.23. The molecular formula is C6H11FO3S. The quantitative estimate of drug-likeness (QED) is 0.640. The Hall–Kier alpha value is -0.160. The zero-order valence-electron chi connectivity index (χ0n) is 6.03. The van der Waals surface area contributed by atoms with Crippen molar-refractivity contribution < 1.29 is 17.9 Å². The summed E-state index contributed by atoms with van der Waals surface area (Å²) in [5.41, 5.74) is 0. The fourth-order valence-electron chi connectivity index (χ4n) is 1.31. The van der Waals surface area contributed by atoms with Crippen LogP contribution in [0.3, 0.4) is 0 Å². The molecular weight excluding hydrogens is 171 g/mol. The molecule has 0 radical (unpaired) electrons. The van der Waals surface area contributed by atoms with Crippen LogP contribution in [0.2, 0.25) is 0 Å². The summed E-state index contributed by atoms with van der Waals surface area (Å²) >= 11 is 0. The molecule has 3 nitrogen and oxygen atoms in total. The first-order chi connectivity index (χ1) is 5.05. The van der Waals surface area contributed by atoms with Crippen LogP contribution in [-0.4, -0.2) is 37.8 Å². The van der Waals surface area contributed by atoms with Gasteiger partial charge in [0.15, 0.2) is 9.84 Å². The molecule has 2 atom stereocenters. The molecule has 1 heterocycles. The third kappa shape index (κ3) is 2.13. The van der Waals surface area contributed by atoms with Crippen LogP contribution in [0.25, 0.3) is 0 Å². The Balaban J connectivity index is 2.59. The number of rotatable bonds is 2. The molecule has 0 aliphatic carbocycles. The van der Waals surface area contributed by atoms with E-state index < -0.39 is 21.9 Å². The van der Waals surface area contributed by atoms with Gasteiger partial charge in [-0.3, -0.25) is 0 Å². The van der Waals surface area contributed by atoms with Gasteiger partial charge in [0, 0.05) is 12.5 Å². The van der Waals surface area contributed by atoms with Gasteiger partial charge < -0.3 is 5.11 Å². The number of sulfone groups is 1. The Morgan fingerprint density at radius 2 is 2.09 bits per heavy atom. The van der Waals surface area contributed by atoms with Crippen LogP contribution >= 0.6 is 0 Å². The molecule has 5 heteroatoms. The summed E-state index contributed by atoms with van der Waals surface area (Å²) in [5, 5.41) is 8.45. The summed E-state index contributed by atoms with van der Waals surface area (Å²) in [6, 6.07) is 0. The zero-order valence-corrected chi connectivity index (χ0v) is 6.85. The molecule has 0 aromatic rings. The van der Waals surface area contributed by atoms with Gasteiger partial charge in [0.2, 0.25) is 0 Å². The van der Waals surface area contributed by atoms with E-state index in [-0.39, 0.29) is 24.5 Å². The Bertz CT molecular complexity index is 224. The Morgan fingerprint density at radius 1 is 1.45 bits per heavy atom. The molecule has 1 rings (SSSR count). The second kappa shape index (κ2) is 3.06. The highest BCUT2D eigenvalue weighted by molar-refractivity contribution is 7.91. The fraction of sp³-hybridized carbons (Fsp3) is 1.00. The summed E-state index contributed by atoms with van der Waals surface area (Å²) in [7, 11) is -3.15. The molecule has 11 heavy (non-hydrogen) atoms. The SMILES string of the molecule is O=S1(=O)CC(F)C(CCO)C1. The van der Waals surface area contributed by atoms with E-state index >= 15 is 0 Å². The van der Waals surface area contributed by atoms with Crippen molar-refractivity contribution in [3.63, 3.8) is 0 Å². The van der Waals surface area contributed by atoms with Gasteiger partial charge in [-0.2, -0.15) is 0 Å². The van der Waals surface area contributed by atoms with E-state index in [1.165, 1.54) is 0 Å². The number of hydrogen-bond donors (Lipinski definition) is 1. The molecule has 66 valence electrons. The van der Waals surface area contributed by atoms with Gasteiger partial charge >= 0.3 is 0 Å². The molecule has 1 N–H and O–H groups in total. The highest BCUT2D eigenvalue weighted by Crippen LogP contribution is 2.24. The largest absolute Gasteiger partial charge is 0.396 e. The van der Waals surface area contributed by atoms with Crippen molar-refractivity contribution in [1.82, 2.24) is 0 Å². The summed E-state index contributed by atoms with van der Waals surface area (Å²) in [6.45, 7) is -0.138. The lowest BCUT2D eigenvalue weighted by molar-refractivity contribution is 0.212. The van der Waals surface area contributed by atoms with Gasteiger partial charge in [-0.05, 0) is 6.42 Å². The third-order valence-electron chi connectivity index (χ3n) is 1.89. The van der Waals surface area contributed by atoms with Crippen LogP contribution in [0.15, 0.2) is 0 Å². The van der Waals surface area contributed by atoms with Gasteiger partial charge in [-0.15, -0.1) is 0 Å². The topological polar surface area (TPSA) is 54.4 Å². The zero-order chi connectivity index (χ0) is 8.48. The average Bonchev–Trinajstić information content (AvgIpc) is 2.07. The number of halogens is 1. The average molecular weight is 182 g/mol. The van der Waals surface area contributed by atoms with Crippen LogP contribution in [0.1, 0.15) is 6.42 Å². The lowest BCUT2D eigenvalue weighted by Crippen LogP contribution is -2.14. The van der Waals surface area contributed by atoms with Crippen LogP contribution in [0.5, 0.6) is 0 Å². The smallest absolute Gasteiger partial charge is 0.153 e. The lowest BCUT2D eigenvalue weighted by atomic mass is 10.0. The standard InChI is InChI=1S/C6H11FO3S/c7-6-4-11(9,10)3-5(6)1-2-8/h5-6,8H,1-4H2. The van der Waals surface area contributed by atoms with Gasteiger partial charge in [0.05, 0.1) is 11.5 Å². The van der Waals surface area contributed by atoms with Crippen molar-refractivity contribution in [3.05, 3.63) is 0 Å². The maximum absolute atomic E-state index is 12.8.